The molecule has 0 spiro atoms. The Kier molecular flexibility index (Phi) is 8.28. The van der Waals surface area contributed by atoms with Crippen LogP contribution in [0.5, 0.6) is 5.75 Å². The first-order valence-corrected chi connectivity index (χ1v) is 9.60. The summed E-state index contributed by atoms with van der Waals surface area (Å²) in [6.07, 6.45) is -0.290. The molecule has 7 nitrogen and oxygen atoms in total. The number of hydrogen-bond donors (Lipinski definition) is 0. The topological polar surface area (TPSA) is 80.3 Å². The van der Waals surface area contributed by atoms with Crippen molar-refractivity contribution in [3.05, 3.63) is 27.3 Å². The van der Waals surface area contributed by atoms with Crippen LogP contribution in [0.15, 0.2) is 18.2 Å². The third-order valence-electron chi connectivity index (χ3n) is 2.63. The molecule has 0 heterocycles. The van der Waals surface area contributed by atoms with Gasteiger partial charge in [0.05, 0.1) is 0 Å². The van der Waals surface area contributed by atoms with Crippen molar-refractivity contribution in [3.8, 4) is 5.75 Å². The van der Waals surface area contributed by atoms with E-state index < -0.39 is 32.6 Å². The van der Waals surface area contributed by atoms with Crippen molar-refractivity contribution in [1.29, 1.82) is 0 Å². The van der Waals surface area contributed by atoms with Gasteiger partial charge in [0.15, 0.2) is 0 Å². The normalized spacial score (nSPS) is 12.3. The van der Waals surface area contributed by atoms with Crippen LogP contribution in [-0.4, -0.2) is 33.0 Å². The summed E-state index contributed by atoms with van der Waals surface area (Å²) in [6, 6.07) is 5.31. The summed E-state index contributed by atoms with van der Waals surface area (Å²) < 4.78 is 27.0. The third-order valence-corrected chi connectivity index (χ3v) is 6.70. The van der Waals surface area contributed by atoms with Crippen LogP contribution in [-0.2, 0) is 25.2 Å². The molecule has 0 N–H and O–H groups in total. The summed E-state index contributed by atoms with van der Waals surface area (Å²) in [4.78, 5) is 22.8. The second-order valence-corrected chi connectivity index (χ2v) is 7.64. The minimum atomic E-state index is -3.07. The monoisotopic (exact) mass is 440 g/mol. The van der Waals surface area contributed by atoms with E-state index in [2.05, 4.69) is 0 Å². The van der Waals surface area contributed by atoms with Crippen molar-refractivity contribution in [2.24, 2.45) is 0 Å². The number of ether oxygens (including phenoxy) is 3. The molecule has 0 saturated heterocycles. The van der Waals surface area contributed by atoms with E-state index in [4.69, 9.17) is 20.3 Å². The van der Waals surface area contributed by atoms with E-state index in [1.807, 2.05) is 13.0 Å². The Balaban J connectivity index is 3.38. The van der Waals surface area contributed by atoms with E-state index in [0.29, 0.717) is 9.32 Å². The van der Waals surface area contributed by atoms with Crippen LogP contribution in [0.1, 0.15) is 32.4 Å². The van der Waals surface area contributed by atoms with Crippen molar-refractivity contribution in [3.63, 3.8) is 0 Å². The molecule has 1 aromatic carbocycles. The fourth-order valence-electron chi connectivity index (χ4n) is 1.66. The second-order valence-electron chi connectivity index (χ2n) is 4.44. The fraction of sp³-hybridized carbons (Fsp3) is 0.467. The Hall–Kier alpha value is -1.39. The molecule has 0 aromatic heterocycles. The molecule has 0 bridgehead atoms. The molecule has 0 saturated carbocycles. The van der Waals surface area contributed by atoms with E-state index in [1.165, 1.54) is 21.0 Å². The first-order valence-electron chi connectivity index (χ1n) is 6.76. The van der Waals surface area contributed by atoms with Gasteiger partial charge in [-0.2, -0.15) is 0 Å². The van der Waals surface area contributed by atoms with Crippen LogP contribution < -0.4 is 4.74 Å². The minimum absolute atomic E-state index is 0.0158. The average Bonchev–Trinajstić information content (AvgIpc) is 2.50. The second kappa shape index (κ2) is 9.68. The van der Waals surface area contributed by atoms with Gasteiger partial charge in [-0.05, 0) is 0 Å². The molecule has 1 aromatic rings. The Morgan fingerprint density at radius 2 is 1.74 bits per heavy atom. The molecule has 0 radical (unpaired) electrons. The Morgan fingerprint density at radius 3 is 2.22 bits per heavy atom. The van der Waals surface area contributed by atoms with Crippen LogP contribution in [0.3, 0.4) is 0 Å². The first-order chi connectivity index (χ1) is 10.9. The van der Waals surface area contributed by atoms with E-state index >= 15 is 0 Å². The van der Waals surface area contributed by atoms with Gasteiger partial charge in [0, 0.05) is 0 Å². The van der Waals surface area contributed by atoms with E-state index in [9.17, 15) is 9.59 Å². The van der Waals surface area contributed by atoms with Gasteiger partial charge in [0.2, 0.25) is 0 Å². The fourth-order valence-corrected chi connectivity index (χ4v) is 5.21. The van der Waals surface area contributed by atoms with Gasteiger partial charge >= 0.3 is 143 Å². The van der Waals surface area contributed by atoms with Gasteiger partial charge in [-0.3, -0.25) is 0 Å². The van der Waals surface area contributed by atoms with Crippen molar-refractivity contribution >= 4 is 32.6 Å². The molecule has 0 aliphatic rings. The summed E-state index contributed by atoms with van der Waals surface area (Å²) in [5.74, 6) is -0.594. The first kappa shape index (κ1) is 19.7. The van der Waals surface area contributed by atoms with Crippen LogP contribution >= 0.6 is 20.6 Å². The van der Waals surface area contributed by atoms with Crippen LogP contribution in [0.4, 0.5) is 0 Å². The Morgan fingerprint density at radius 1 is 1.13 bits per heavy atom. The van der Waals surface area contributed by atoms with Crippen LogP contribution in [0.25, 0.3) is 0 Å². The summed E-state index contributed by atoms with van der Waals surface area (Å²) >= 11 is -3.07. The van der Waals surface area contributed by atoms with E-state index in [-0.39, 0.29) is 12.9 Å². The molecule has 0 aliphatic carbocycles. The molecule has 0 fully saturated rings. The molecule has 1 unspecified atom stereocenters. The molecule has 0 aliphatic heterocycles. The molecular formula is C15H21IO7. The quantitative estimate of drug-likeness (QED) is 0.454. The summed E-state index contributed by atoms with van der Waals surface area (Å²) in [7, 11) is 3.06. The van der Waals surface area contributed by atoms with Gasteiger partial charge < -0.3 is 0 Å². The van der Waals surface area contributed by atoms with Crippen molar-refractivity contribution in [2.45, 2.75) is 26.9 Å². The SMILES string of the molecule is COCOc1cccc(C(C)OC)c1I(OC(C)=O)OC(C)=O. The number of halogens is 1. The van der Waals surface area contributed by atoms with Crippen molar-refractivity contribution < 1.29 is 29.9 Å². The molecule has 8 heteroatoms. The molecule has 130 valence electrons. The van der Waals surface area contributed by atoms with Gasteiger partial charge in [0.1, 0.15) is 0 Å². The predicted molar refractivity (Wildman–Crippen MR) is 90.6 cm³/mol. The molecule has 1 atom stereocenters. The van der Waals surface area contributed by atoms with E-state index in [1.54, 1.807) is 19.2 Å². The maximum atomic E-state index is 11.4. The summed E-state index contributed by atoms with van der Waals surface area (Å²) in [6.45, 7) is 4.40. The molecular weight excluding hydrogens is 419 g/mol. The standard InChI is InChI=1S/C15H21IO7/c1-10(20-5)13-7-6-8-14(21-9-19-4)15(13)16(22-11(2)17)23-12(3)18/h6-8,10H,9H2,1-5H3. The van der Waals surface area contributed by atoms with Gasteiger partial charge in [-0.1, -0.05) is 0 Å². The number of hydrogen-bond acceptors (Lipinski definition) is 7. The third kappa shape index (κ3) is 5.96. The zero-order valence-electron chi connectivity index (χ0n) is 13.8. The average molecular weight is 440 g/mol. The summed E-state index contributed by atoms with van der Waals surface area (Å²) in [5, 5.41) is 0. The Bertz CT molecular complexity index is 531. The number of rotatable bonds is 8. The van der Waals surface area contributed by atoms with Gasteiger partial charge in [-0.15, -0.1) is 0 Å². The van der Waals surface area contributed by atoms with Crippen LogP contribution in [0.2, 0.25) is 0 Å². The summed E-state index contributed by atoms with van der Waals surface area (Å²) in [5.41, 5.74) is 0.744. The zero-order chi connectivity index (χ0) is 17.4. The molecule has 23 heavy (non-hydrogen) atoms. The van der Waals surface area contributed by atoms with Crippen LogP contribution in [0, 0.1) is 3.57 Å². The Labute approximate surface area is 143 Å². The van der Waals surface area contributed by atoms with E-state index in [0.717, 1.165) is 5.56 Å². The molecule has 0 amide bonds. The number of carbonyl (C=O) groups is 2. The zero-order valence-corrected chi connectivity index (χ0v) is 15.9. The van der Waals surface area contributed by atoms with Crippen molar-refractivity contribution in [1.82, 2.24) is 0 Å². The number of benzene rings is 1. The van der Waals surface area contributed by atoms with Crippen molar-refractivity contribution in [2.75, 3.05) is 21.0 Å². The molecule has 1 rings (SSSR count). The number of methoxy groups -OCH3 is 2. The maximum absolute atomic E-state index is 11.4. The predicted octanol–water partition coefficient (Wildman–Crippen LogP) is 3.01. The van der Waals surface area contributed by atoms with Gasteiger partial charge in [-0.25, -0.2) is 0 Å². The number of carbonyl (C=O) groups excluding carboxylic acids is 2. The van der Waals surface area contributed by atoms with Gasteiger partial charge in [0.25, 0.3) is 0 Å².